The molecule has 0 aromatic heterocycles. The summed E-state index contributed by atoms with van der Waals surface area (Å²) in [6.07, 6.45) is -4.04. The molecule has 0 radical (unpaired) electrons. The number of hydrogen-bond donors (Lipinski definition) is 0. The van der Waals surface area contributed by atoms with Crippen LogP contribution in [0.2, 0.25) is 5.02 Å². The minimum atomic E-state index is -4.52. The van der Waals surface area contributed by atoms with Crippen LogP contribution in [0.1, 0.15) is 30.5 Å². The van der Waals surface area contributed by atoms with Gasteiger partial charge in [0.15, 0.2) is 0 Å². The average Bonchev–Trinajstić information content (AvgIpc) is 2.62. The normalized spacial score (nSPS) is 11.8. The topological polar surface area (TPSA) is 59.3 Å². The second-order valence-electron chi connectivity index (χ2n) is 5.36. The van der Waals surface area contributed by atoms with Crippen LogP contribution in [0.5, 0.6) is 11.5 Å². The summed E-state index contributed by atoms with van der Waals surface area (Å²) in [5, 5.41) is 9.23. The number of aryl methyl sites for hydroxylation is 1. The quantitative estimate of drug-likeness (QED) is 0.543. The number of halogens is 4. The SMILES string of the molecule is CCO[P+](=O)c1cc(Oc2ccc(C(F)(F)F)cc2Cl)c(CC)cc1C#N. The number of nitriles is 1. The number of hydrogen-bond acceptors (Lipinski definition) is 4. The van der Waals surface area contributed by atoms with Crippen molar-refractivity contribution in [3.05, 3.63) is 52.0 Å². The standard InChI is InChI=1S/C18H15ClF3NO3P/c1-3-11-7-12(10-23)17(27(24)25-4-2)9-16(11)26-15-6-5-13(8-14(15)19)18(20,21)22/h5-9H,3-4H2,1-2H3/q+1. The van der Waals surface area contributed by atoms with Gasteiger partial charge in [0.25, 0.3) is 0 Å². The van der Waals surface area contributed by atoms with E-state index in [4.69, 9.17) is 20.9 Å². The van der Waals surface area contributed by atoms with E-state index >= 15 is 0 Å². The molecule has 0 aliphatic heterocycles. The number of benzene rings is 2. The van der Waals surface area contributed by atoms with Gasteiger partial charge in [0, 0.05) is 6.07 Å². The lowest BCUT2D eigenvalue weighted by molar-refractivity contribution is -0.137. The molecular weight excluding hydrogens is 402 g/mol. The van der Waals surface area contributed by atoms with Crippen molar-refractivity contribution in [3.63, 3.8) is 0 Å². The minimum absolute atomic E-state index is 0.0154. The number of alkyl halides is 3. The Balaban J connectivity index is 2.48. The Morgan fingerprint density at radius 1 is 1.19 bits per heavy atom. The van der Waals surface area contributed by atoms with Crippen molar-refractivity contribution in [3.8, 4) is 17.6 Å². The van der Waals surface area contributed by atoms with E-state index in [0.29, 0.717) is 12.0 Å². The first-order chi connectivity index (χ1) is 12.7. The van der Waals surface area contributed by atoms with Gasteiger partial charge in [-0.2, -0.15) is 18.4 Å². The van der Waals surface area contributed by atoms with E-state index in [0.717, 1.165) is 18.2 Å². The van der Waals surface area contributed by atoms with Crippen molar-refractivity contribution in [2.24, 2.45) is 0 Å². The van der Waals surface area contributed by atoms with Gasteiger partial charge in [-0.05, 0) is 47.7 Å². The molecule has 0 saturated heterocycles. The zero-order chi connectivity index (χ0) is 20.2. The van der Waals surface area contributed by atoms with Gasteiger partial charge >= 0.3 is 14.2 Å². The second-order valence-corrected chi connectivity index (χ2v) is 7.02. The highest BCUT2D eigenvalue weighted by molar-refractivity contribution is 7.48. The van der Waals surface area contributed by atoms with Crippen LogP contribution < -0.4 is 10.0 Å². The van der Waals surface area contributed by atoms with Crippen molar-refractivity contribution in [2.75, 3.05) is 6.61 Å². The average molecular weight is 417 g/mol. The van der Waals surface area contributed by atoms with E-state index in [1.165, 1.54) is 12.1 Å². The minimum Gasteiger partial charge on any atom is -0.455 e. The first-order valence-electron chi connectivity index (χ1n) is 7.93. The van der Waals surface area contributed by atoms with E-state index < -0.39 is 19.8 Å². The number of nitrogens with zero attached hydrogens (tertiary/aromatic N) is 1. The lowest BCUT2D eigenvalue weighted by Crippen LogP contribution is -2.08. The fourth-order valence-corrected chi connectivity index (χ4v) is 3.42. The summed E-state index contributed by atoms with van der Waals surface area (Å²) in [6, 6.07) is 7.64. The highest BCUT2D eigenvalue weighted by atomic mass is 35.5. The van der Waals surface area contributed by atoms with Crippen molar-refractivity contribution in [1.82, 2.24) is 0 Å². The van der Waals surface area contributed by atoms with E-state index in [2.05, 4.69) is 0 Å². The zero-order valence-corrected chi connectivity index (χ0v) is 16.1. The van der Waals surface area contributed by atoms with E-state index in [9.17, 15) is 23.0 Å². The van der Waals surface area contributed by atoms with Gasteiger partial charge in [-0.3, -0.25) is 0 Å². The third kappa shape index (κ3) is 4.98. The first kappa shape index (κ1) is 21.2. The van der Waals surface area contributed by atoms with Gasteiger partial charge in [0.05, 0.1) is 10.6 Å². The molecule has 4 nitrogen and oxygen atoms in total. The smallest absolute Gasteiger partial charge is 0.455 e. The van der Waals surface area contributed by atoms with Gasteiger partial charge in [-0.15, -0.1) is 4.52 Å². The van der Waals surface area contributed by atoms with Crippen molar-refractivity contribution in [2.45, 2.75) is 26.4 Å². The summed E-state index contributed by atoms with van der Waals surface area (Å²) in [5.41, 5.74) is -0.0889. The lowest BCUT2D eigenvalue weighted by atomic mass is 10.1. The maximum atomic E-state index is 12.8. The van der Waals surface area contributed by atoms with Crippen LogP contribution in [-0.2, 0) is 21.7 Å². The summed E-state index contributed by atoms with van der Waals surface area (Å²) in [5.74, 6) is 0.262. The highest BCUT2D eigenvalue weighted by Crippen LogP contribution is 2.38. The Morgan fingerprint density at radius 2 is 1.89 bits per heavy atom. The summed E-state index contributed by atoms with van der Waals surface area (Å²) < 4.78 is 61.3. The molecule has 9 heteroatoms. The fraction of sp³-hybridized carbons (Fsp3) is 0.278. The zero-order valence-electron chi connectivity index (χ0n) is 14.4. The van der Waals surface area contributed by atoms with Gasteiger partial charge in [0.2, 0.25) is 5.30 Å². The van der Waals surface area contributed by atoms with Crippen LogP contribution in [0.15, 0.2) is 30.3 Å². The molecule has 142 valence electrons. The monoisotopic (exact) mass is 416 g/mol. The Labute approximate surface area is 160 Å². The number of ether oxygens (including phenoxy) is 1. The Kier molecular flexibility index (Phi) is 6.83. The molecule has 0 fully saturated rings. The van der Waals surface area contributed by atoms with E-state index in [1.807, 2.05) is 13.0 Å². The van der Waals surface area contributed by atoms with Crippen LogP contribution in [-0.4, -0.2) is 6.61 Å². The van der Waals surface area contributed by atoms with E-state index in [-0.39, 0.29) is 34.0 Å². The number of rotatable bonds is 6. The first-order valence-corrected chi connectivity index (χ1v) is 9.48. The molecule has 0 saturated carbocycles. The molecule has 0 aliphatic rings. The summed E-state index contributed by atoms with van der Waals surface area (Å²) in [6.45, 7) is 3.68. The maximum Gasteiger partial charge on any atom is 0.550 e. The summed E-state index contributed by atoms with van der Waals surface area (Å²) >= 11 is 5.93. The predicted molar refractivity (Wildman–Crippen MR) is 95.9 cm³/mol. The predicted octanol–water partition coefficient (Wildman–Crippen LogP) is 5.99. The summed E-state index contributed by atoms with van der Waals surface area (Å²) in [7, 11) is -2.27. The van der Waals surface area contributed by atoms with Crippen molar-refractivity contribution >= 4 is 24.9 Å². The molecule has 0 heterocycles. The van der Waals surface area contributed by atoms with Crippen LogP contribution >= 0.6 is 19.6 Å². The third-order valence-electron chi connectivity index (χ3n) is 3.60. The molecule has 2 rings (SSSR count). The molecule has 27 heavy (non-hydrogen) atoms. The second kappa shape index (κ2) is 8.71. The largest absolute Gasteiger partial charge is 0.550 e. The Morgan fingerprint density at radius 3 is 2.41 bits per heavy atom. The Bertz CT molecular complexity index is 910. The van der Waals surface area contributed by atoms with Gasteiger partial charge < -0.3 is 4.74 Å². The van der Waals surface area contributed by atoms with Crippen LogP contribution in [0, 0.1) is 11.3 Å². The summed E-state index contributed by atoms with van der Waals surface area (Å²) in [4.78, 5) is 0. The molecule has 0 N–H and O–H groups in total. The molecule has 2 aromatic carbocycles. The molecule has 1 unspecified atom stereocenters. The van der Waals surface area contributed by atoms with Crippen molar-refractivity contribution < 1.29 is 27.0 Å². The lowest BCUT2D eigenvalue weighted by Gasteiger charge is -2.13. The molecule has 0 amide bonds. The molecule has 1 atom stereocenters. The molecule has 0 aliphatic carbocycles. The maximum absolute atomic E-state index is 12.8. The van der Waals surface area contributed by atoms with Crippen LogP contribution in [0.25, 0.3) is 0 Å². The highest BCUT2D eigenvalue weighted by Gasteiger charge is 2.32. The molecule has 2 aromatic rings. The van der Waals surface area contributed by atoms with Gasteiger partial charge in [-0.1, -0.05) is 18.5 Å². The Hall–Kier alpha value is -2.13. The van der Waals surface area contributed by atoms with E-state index in [1.54, 1.807) is 6.92 Å². The third-order valence-corrected chi connectivity index (χ3v) is 5.15. The molecule has 0 bridgehead atoms. The fourth-order valence-electron chi connectivity index (χ4n) is 2.29. The van der Waals surface area contributed by atoms with Crippen LogP contribution in [0.4, 0.5) is 13.2 Å². The molecule has 0 spiro atoms. The van der Waals surface area contributed by atoms with Crippen molar-refractivity contribution in [1.29, 1.82) is 5.26 Å². The molecular formula is C18H15ClF3NO3P+. The van der Waals surface area contributed by atoms with Gasteiger partial charge in [0.1, 0.15) is 29.7 Å². The van der Waals surface area contributed by atoms with Crippen LogP contribution in [0.3, 0.4) is 0 Å². The van der Waals surface area contributed by atoms with Gasteiger partial charge in [-0.25, -0.2) is 0 Å².